The van der Waals surface area contributed by atoms with Crippen LogP contribution in [0.1, 0.15) is 16.6 Å². The van der Waals surface area contributed by atoms with Gasteiger partial charge in [0.25, 0.3) is 0 Å². The average Bonchev–Trinajstić information content (AvgIpc) is 2.98. The van der Waals surface area contributed by atoms with E-state index in [1.807, 2.05) is 14.1 Å². The highest BCUT2D eigenvalue weighted by Gasteiger charge is 2.25. The molecule has 3 aromatic rings. The van der Waals surface area contributed by atoms with Crippen molar-refractivity contribution < 1.29 is 19.4 Å². The van der Waals surface area contributed by atoms with E-state index in [1.54, 1.807) is 26.2 Å². The SMILES string of the molecule is Bc1cc(Cl)c(-c2nc(SC)nc3sc(C(=O)OCC)c(O)c23)cc1OC. The number of aromatic nitrogens is 2. The Morgan fingerprint density at radius 3 is 2.78 bits per heavy atom. The number of benzene rings is 1. The fraction of sp³-hybridized carbons (Fsp3) is 0.235. The number of hydrogen-bond donors (Lipinski definition) is 1. The summed E-state index contributed by atoms with van der Waals surface area (Å²) in [6.45, 7) is 1.92. The van der Waals surface area contributed by atoms with E-state index >= 15 is 0 Å². The molecule has 0 unspecified atom stereocenters. The van der Waals surface area contributed by atoms with Crippen molar-refractivity contribution in [2.45, 2.75) is 12.1 Å². The molecule has 0 fully saturated rings. The number of thioether (sulfide) groups is 1. The van der Waals surface area contributed by atoms with Crippen molar-refractivity contribution in [2.75, 3.05) is 20.0 Å². The Bertz CT molecular complexity index is 1040. The van der Waals surface area contributed by atoms with Crippen molar-refractivity contribution in [1.29, 1.82) is 0 Å². The number of fused-ring (bicyclic) bond motifs is 1. The van der Waals surface area contributed by atoms with Crippen molar-refractivity contribution >= 4 is 64.2 Å². The number of hydrogen-bond acceptors (Lipinski definition) is 8. The van der Waals surface area contributed by atoms with Gasteiger partial charge < -0.3 is 14.6 Å². The minimum atomic E-state index is -0.595. The van der Waals surface area contributed by atoms with Gasteiger partial charge in [-0.2, -0.15) is 0 Å². The zero-order chi connectivity index (χ0) is 19.7. The van der Waals surface area contributed by atoms with Gasteiger partial charge in [0.1, 0.15) is 18.4 Å². The molecule has 1 N–H and O–H groups in total. The standard InChI is InChI=1S/C17H16BClN2O4S2/c1-4-25-16(23)14-13(22)11-12(20-17(26-3)21-15(11)27-14)7-5-10(24-2)8(18)6-9(7)19/h5-6,22H,4,18H2,1-3H3. The first-order chi connectivity index (χ1) is 12.9. The third-order valence-electron chi connectivity index (χ3n) is 3.89. The summed E-state index contributed by atoms with van der Waals surface area (Å²) in [4.78, 5) is 21.7. The van der Waals surface area contributed by atoms with Gasteiger partial charge in [-0.25, -0.2) is 14.8 Å². The van der Waals surface area contributed by atoms with Crippen LogP contribution >= 0.6 is 34.7 Å². The van der Waals surface area contributed by atoms with E-state index in [2.05, 4.69) is 9.97 Å². The van der Waals surface area contributed by atoms with E-state index in [0.29, 0.717) is 37.4 Å². The maximum Gasteiger partial charge on any atom is 0.352 e. The highest BCUT2D eigenvalue weighted by molar-refractivity contribution is 7.98. The molecule has 0 aliphatic rings. The summed E-state index contributed by atoms with van der Waals surface area (Å²) in [5.41, 5.74) is 1.91. The predicted molar refractivity (Wildman–Crippen MR) is 112 cm³/mol. The molecule has 1 aromatic carbocycles. The molecule has 0 aliphatic heterocycles. The molecule has 0 amide bonds. The highest BCUT2D eigenvalue weighted by Crippen LogP contribution is 2.43. The molecule has 27 heavy (non-hydrogen) atoms. The lowest BCUT2D eigenvalue weighted by Gasteiger charge is -2.12. The first-order valence-corrected chi connectivity index (χ1v) is 10.4. The van der Waals surface area contributed by atoms with Crippen LogP contribution in [0.3, 0.4) is 0 Å². The molecule has 6 nitrogen and oxygen atoms in total. The van der Waals surface area contributed by atoms with Gasteiger partial charge in [0, 0.05) is 10.6 Å². The number of halogens is 1. The number of aromatic hydroxyl groups is 1. The molecule has 2 heterocycles. The fourth-order valence-corrected chi connectivity index (χ4v) is 4.33. The molecule has 3 rings (SSSR count). The van der Waals surface area contributed by atoms with Crippen LogP contribution in [0.25, 0.3) is 21.5 Å². The van der Waals surface area contributed by atoms with Crippen LogP contribution in [0.15, 0.2) is 17.3 Å². The zero-order valence-electron chi connectivity index (χ0n) is 15.1. The van der Waals surface area contributed by atoms with Crippen LogP contribution in [0.5, 0.6) is 11.5 Å². The van der Waals surface area contributed by atoms with E-state index < -0.39 is 5.97 Å². The van der Waals surface area contributed by atoms with Gasteiger partial charge in [-0.15, -0.1) is 11.3 Å². The first kappa shape index (κ1) is 19.8. The van der Waals surface area contributed by atoms with Gasteiger partial charge >= 0.3 is 5.97 Å². The maximum atomic E-state index is 12.2. The number of carbonyl (C=O) groups excluding carboxylic acids is 1. The zero-order valence-corrected chi connectivity index (χ0v) is 17.5. The summed E-state index contributed by atoms with van der Waals surface area (Å²) in [7, 11) is 3.46. The second-order valence-electron chi connectivity index (χ2n) is 5.54. The van der Waals surface area contributed by atoms with Gasteiger partial charge in [-0.05, 0) is 30.8 Å². The van der Waals surface area contributed by atoms with E-state index in [-0.39, 0.29) is 17.2 Å². The quantitative estimate of drug-likeness (QED) is 0.293. The molecule has 0 saturated heterocycles. The lowest BCUT2D eigenvalue weighted by atomic mass is 9.92. The smallest absolute Gasteiger partial charge is 0.352 e. The lowest BCUT2D eigenvalue weighted by molar-refractivity contribution is 0.0529. The van der Waals surface area contributed by atoms with Gasteiger partial charge in [0.15, 0.2) is 15.8 Å². The Hall–Kier alpha value is -1.97. The third-order valence-corrected chi connectivity index (χ3v) is 5.80. The molecule has 0 spiro atoms. The monoisotopic (exact) mass is 422 g/mol. The Morgan fingerprint density at radius 2 is 2.15 bits per heavy atom. The normalized spacial score (nSPS) is 11.0. The molecule has 10 heteroatoms. The Kier molecular flexibility index (Phi) is 5.83. The number of esters is 1. The fourth-order valence-electron chi connectivity index (χ4n) is 2.64. The molecule has 0 saturated carbocycles. The molecule has 140 valence electrons. The van der Waals surface area contributed by atoms with E-state index in [4.69, 9.17) is 21.1 Å². The summed E-state index contributed by atoms with van der Waals surface area (Å²) >= 11 is 8.89. The Morgan fingerprint density at radius 1 is 1.41 bits per heavy atom. The van der Waals surface area contributed by atoms with Crippen LogP contribution in [-0.2, 0) is 4.74 Å². The number of rotatable bonds is 5. The van der Waals surface area contributed by atoms with Gasteiger partial charge in [0.05, 0.1) is 24.8 Å². The molecular formula is C17H16BClN2O4S2. The lowest BCUT2D eigenvalue weighted by Crippen LogP contribution is -2.07. The van der Waals surface area contributed by atoms with Crippen LogP contribution < -0.4 is 10.2 Å². The summed E-state index contributed by atoms with van der Waals surface area (Å²) in [5, 5.41) is 12.0. The van der Waals surface area contributed by atoms with E-state index in [9.17, 15) is 9.90 Å². The number of thiophene rings is 1. The molecule has 0 radical (unpaired) electrons. The van der Waals surface area contributed by atoms with Gasteiger partial charge in [-0.1, -0.05) is 23.4 Å². The summed E-state index contributed by atoms with van der Waals surface area (Å²) < 4.78 is 10.4. The number of methoxy groups -OCH3 is 1. The van der Waals surface area contributed by atoms with E-state index in [0.717, 1.165) is 16.8 Å². The number of carbonyl (C=O) groups is 1. The Balaban J connectivity index is 2.34. The Labute approximate surface area is 170 Å². The predicted octanol–water partition coefficient (Wildman–Crippen LogP) is 2.88. The average molecular weight is 423 g/mol. The first-order valence-electron chi connectivity index (χ1n) is 8.00. The number of ether oxygens (including phenoxy) is 2. The molecule has 2 aromatic heterocycles. The summed E-state index contributed by atoms with van der Waals surface area (Å²) in [6, 6.07) is 3.54. The van der Waals surface area contributed by atoms with Crippen molar-refractivity contribution in [3.8, 4) is 22.8 Å². The van der Waals surface area contributed by atoms with Crippen LogP contribution in [0.2, 0.25) is 5.02 Å². The van der Waals surface area contributed by atoms with Crippen molar-refractivity contribution in [1.82, 2.24) is 9.97 Å². The largest absolute Gasteiger partial charge is 0.505 e. The van der Waals surface area contributed by atoms with Gasteiger partial charge in [-0.3, -0.25) is 0 Å². The van der Waals surface area contributed by atoms with Crippen molar-refractivity contribution in [3.05, 3.63) is 22.0 Å². The van der Waals surface area contributed by atoms with Gasteiger partial charge in [0.2, 0.25) is 0 Å². The minimum Gasteiger partial charge on any atom is -0.505 e. The minimum absolute atomic E-state index is 0.0934. The van der Waals surface area contributed by atoms with Crippen molar-refractivity contribution in [2.24, 2.45) is 0 Å². The summed E-state index contributed by atoms with van der Waals surface area (Å²) in [6.07, 6.45) is 1.85. The molecule has 0 aliphatic carbocycles. The highest BCUT2D eigenvalue weighted by atomic mass is 35.5. The van der Waals surface area contributed by atoms with Crippen LogP contribution in [0.4, 0.5) is 0 Å². The molecular weight excluding hydrogens is 407 g/mol. The second kappa shape index (κ2) is 7.96. The van der Waals surface area contributed by atoms with Crippen LogP contribution in [-0.4, -0.2) is 48.9 Å². The number of nitrogens with zero attached hydrogens (tertiary/aromatic N) is 2. The third kappa shape index (κ3) is 3.59. The molecule has 0 bridgehead atoms. The van der Waals surface area contributed by atoms with Crippen LogP contribution in [0, 0.1) is 0 Å². The maximum absolute atomic E-state index is 12.2. The van der Waals surface area contributed by atoms with E-state index in [1.165, 1.54) is 11.8 Å². The molecule has 0 atom stereocenters. The van der Waals surface area contributed by atoms with Crippen molar-refractivity contribution in [3.63, 3.8) is 0 Å². The topological polar surface area (TPSA) is 81.5 Å². The second-order valence-corrected chi connectivity index (χ2v) is 7.72. The summed E-state index contributed by atoms with van der Waals surface area (Å²) in [5.74, 6) is -0.152.